The summed E-state index contributed by atoms with van der Waals surface area (Å²) in [5.41, 5.74) is 3.46. The van der Waals surface area contributed by atoms with Gasteiger partial charge in [0.1, 0.15) is 10.6 Å². The number of rotatable bonds is 5. The van der Waals surface area contributed by atoms with Gasteiger partial charge in [-0.05, 0) is 60.7 Å². The molecule has 130 valence electrons. The van der Waals surface area contributed by atoms with Gasteiger partial charge in [-0.3, -0.25) is 4.28 Å². The highest BCUT2D eigenvalue weighted by atomic mass is 32.2. The number of nitrogens with zero attached hydrogens (tertiary/aromatic N) is 1. The van der Waals surface area contributed by atoms with Gasteiger partial charge in [0.2, 0.25) is 0 Å². The Kier molecular flexibility index (Phi) is 4.90. The normalized spacial score (nSPS) is 15.5. The third kappa shape index (κ3) is 3.74. The van der Waals surface area contributed by atoms with E-state index >= 15 is 0 Å². The molecule has 1 aliphatic carbocycles. The lowest BCUT2D eigenvalue weighted by molar-refractivity contribution is 0.337. The van der Waals surface area contributed by atoms with Crippen LogP contribution in [-0.2, 0) is 20.8 Å². The lowest BCUT2D eigenvalue weighted by Crippen LogP contribution is -2.14. The summed E-state index contributed by atoms with van der Waals surface area (Å²) in [6, 6.07) is 12.0. The fourth-order valence-electron chi connectivity index (χ4n) is 2.77. The van der Waals surface area contributed by atoms with Crippen molar-refractivity contribution in [3.63, 3.8) is 0 Å². The Morgan fingerprint density at radius 3 is 2.56 bits per heavy atom. The number of aryl methyl sites for hydroxylation is 1. The van der Waals surface area contributed by atoms with Gasteiger partial charge in [0.15, 0.2) is 0 Å². The second-order valence-electron chi connectivity index (χ2n) is 5.72. The Hall–Kier alpha value is -2.60. The highest BCUT2D eigenvalue weighted by Gasteiger charge is 2.20. The molecule has 2 aromatic rings. The summed E-state index contributed by atoms with van der Waals surface area (Å²) in [5, 5.41) is 3.94. The van der Waals surface area contributed by atoms with E-state index < -0.39 is 10.1 Å². The topological polar surface area (TPSA) is 65.0 Å². The molecular weight excluding hydrogens is 338 g/mol. The number of methoxy groups -OCH3 is 1. The van der Waals surface area contributed by atoms with Crippen LogP contribution >= 0.6 is 0 Å². The quantitative estimate of drug-likeness (QED) is 0.764. The zero-order valence-corrected chi connectivity index (χ0v) is 14.8. The maximum absolute atomic E-state index is 12.3. The Balaban J connectivity index is 1.85. The predicted octanol–water partition coefficient (Wildman–Crippen LogP) is 3.78. The molecule has 0 saturated heterocycles. The van der Waals surface area contributed by atoms with Crippen molar-refractivity contribution in [1.82, 2.24) is 0 Å². The van der Waals surface area contributed by atoms with Gasteiger partial charge in [0.05, 0.1) is 12.8 Å². The first kappa shape index (κ1) is 17.2. The Labute approximate surface area is 147 Å². The molecular formula is C19H19NO4S. The van der Waals surface area contributed by atoms with Crippen molar-refractivity contribution in [2.45, 2.75) is 24.2 Å². The number of fused-ring (bicyclic) bond motifs is 1. The number of hydrogen-bond acceptors (Lipinski definition) is 5. The summed E-state index contributed by atoms with van der Waals surface area (Å²) < 4.78 is 34.8. The third-order valence-electron chi connectivity index (χ3n) is 4.13. The van der Waals surface area contributed by atoms with Gasteiger partial charge in [-0.1, -0.05) is 29.9 Å². The van der Waals surface area contributed by atoms with Crippen molar-refractivity contribution >= 4 is 21.9 Å². The largest absolute Gasteiger partial charge is 0.497 e. The molecule has 0 saturated carbocycles. The van der Waals surface area contributed by atoms with E-state index in [9.17, 15) is 8.42 Å². The van der Waals surface area contributed by atoms with Crippen molar-refractivity contribution in [2.24, 2.45) is 5.16 Å². The molecule has 0 aliphatic heterocycles. The van der Waals surface area contributed by atoms with Crippen LogP contribution in [0.25, 0.3) is 6.08 Å². The van der Waals surface area contributed by atoms with Crippen LogP contribution in [0.15, 0.2) is 59.1 Å². The molecule has 0 amide bonds. The monoisotopic (exact) mass is 357 g/mol. The van der Waals surface area contributed by atoms with Gasteiger partial charge in [-0.15, -0.1) is 0 Å². The van der Waals surface area contributed by atoms with Crippen molar-refractivity contribution in [2.75, 3.05) is 7.11 Å². The van der Waals surface area contributed by atoms with E-state index in [1.807, 2.05) is 18.2 Å². The number of oxime groups is 1. The van der Waals surface area contributed by atoms with Crippen molar-refractivity contribution in [3.05, 3.63) is 65.7 Å². The second-order valence-corrected chi connectivity index (χ2v) is 7.25. The fraction of sp³-hybridized carbons (Fsp3) is 0.211. The van der Waals surface area contributed by atoms with Gasteiger partial charge in [0.25, 0.3) is 0 Å². The molecule has 1 aliphatic rings. The van der Waals surface area contributed by atoms with E-state index in [1.165, 1.54) is 12.1 Å². The van der Waals surface area contributed by atoms with Crippen LogP contribution in [0.5, 0.6) is 5.75 Å². The minimum atomic E-state index is -3.95. The average molecular weight is 357 g/mol. The molecule has 0 atom stereocenters. The molecule has 0 unspecified atom stereocenters. The molecule has 25 heavy (non-hydrogen) atoms. The van der Waals surface area contributed by atoms with Crippen molar-refractivity contribution in [1.29, 1.82) is 0 Å². The number of benzene rings is 2. The molecule has 0 aromatic heterocycles. The van der Waals surface area contributed by atoms with Gasteiger partial charge in [-0.2, -0.15) is 8.42 Å². The highest BCUT2D eigenvalue weighted by molar-refractivity contribution is 7.86. The fourth-order valence-corrected chi connectivity index (χ4v) is 3.51. The Morgan fingerprint density at radius 1 is 1.12 bits per heavy atom. The molecule has 5 nitrogen and oxygen atoms in total. The number of hydrogen-bond donors (Lipinski definition) is 0. The second kappa shape index (κ2) is 7.11. The zero-order valence-electron chi connectivity index (χ0n) is 13.9. The van der Waals surface area contributed by atoms with Crippen LogP contribution in [0.4, 0.5) is 0 Å². The maximum atomic E-state index is 12.3. The van der Waals surface area contributed by atoms with Crippen molar-refractivity contribution < 1.29 is 17.4 Å². The molecule has 2 aromatic carbocycles. The van der Waals surface area contributed by atoms with Crippen LogP contribution in [-0.4, -0.2) is 21.2 Å². The molecule has 0 N–H and O–H groups in total. The molecule has 0 fully saturated rings. The summed E-state index contributed by atoms with van der Waals surface area (Å²) in [7, 11) is -2.33. The standard InChI is InChI=1S/C19H19NO4S/c1-3-14-7-10-17(11-8-14)25(21,22)24-20-19-6-4-5-15-13-16(23-2)9-12-18(15)19/h3,7-13H,1,4-6H2,2H3/b20-19-. The molecule has 6 heteroatoms. The highest BCUT2D eigenvalue weighted by Crippen LogP contribution is 2.26. The van der Waals surface area contributed by atoms with Gasteiger partial charge in [-0.25, -0.2) is 0 Å². The van der Waals surface area contributed by atoms with E-state index in [-0.39, 0.29) is 4.90 Å². The molecule has 0 radical (unpaired) electrons. The minimum Gasteiger partial charge on any atom is -0.497 e. The smallest absolute Gasteiger partial charge is 0.358 e. The van der Waals surface area contributed by atoms with E-state index in [0.29, 0.717) is 12.1 Å². The van der Waals surface area contributed by atoms with E-state index in [4.69, 9.17) is 9.02 Å². The summed E-state index contributed by atoms with van der Waals surface area (Å²) >= 11 is 0. The van der Waals surface area contributed by atoms with Gasteiger partial charge >= 0.3 is 10.1 Å². The minimum absolute atomic E-state index is 0.0632. The zero-order chi connectivity index (χ0) is 17.9. The Bertz CT molecular complexity index is 915. The maximum Gasteiger partial charge on any atom is 0.358 e. The van der Waals surface area contributed by atoms with Crippen LogP contribution in [0.3, 0.4) is 0 Å². The average Bonchev–Trinajstić information content (AvgIpc) is 2.65. The summed E-state index contributed by atoms with van der Waals surface area (Å²) in [5.74, 6) is 0.774. The number of ether oxygens (including phenoxy) is 1. The van der Waals surface area contributed by atoms with Crippen LogP contribution in [0, 0.1) is 0 Å². The lowest BCUT2D eigenvalue weighted by atomic mass is 9.90. The summed E-state index contributed by atoms with van der Waals surface area (Å²) in [4.78, 5) is 0.0632. The molecule has 0 heterocycles. The third-order valence-corrected chi connectivity index (χ3v) is 5.25. The summed E-state index contributed by atoms with van der Waals surface area (Å²) in [6.45, 7) is 3.64. The van der Waals surface area contributed by atoms with Crippen LogP contribution in [0.1, 0.15) is 29.5 Å². The molecule has 3 rings (SSSR count). The van der Waals surface area contributed by atoms with E-state index in [1.54, 1.807) is 25.3 Å². The van der Waals surface area contributed by atoms with E-state index in [0.717, 1.165) is 35.3 Å². The first-order valence-corrected chi connectivity index (χ1v) is 9.34. The van der Waals surface area contributed by atoms with Crippen LogP contribution in [0.2, 0.25) is 0 Å². The van der Waals surface area contributed by atoms with Crippen LogP contribution < -0.4 is 4.74 Å². The predicted molar refractivity (Wildman–Crippen MR) is 97.3 cm³/mol. The van der Waals surface area contributed by atoms with Gasteiger partial charge in [0, 0.05) is 5.56 Å². The lowest BCUT2D eigenvalue weighted by Gasteiger charge is -2.18. The Morgan fingerprint density at radius 2 is 1.88 bits per heavy atom. The SMILES string of the molecule is C=Cc1ccc(S(=O)(=O)O/N=C2/CCCc3cc(OC)ccc32)cc1. The van der Waals surface area contributed by atoms with Crippen molar-refractivity contribution in [3.8, 4) is 5.75 Å². The first-order chi connectivity index (χ1) is 12.0. The van der Waals surface area contributed by atoms with E-state index in [2.05, 4.69) is 11.7 Å². The molecule has 0 spiro atoms. The first-order valence-electron chi connectivity index (χ1n) is 7.94. The summed E-state index contributed by atoms with van der Waals surface area (Å²) in [6.07, 6.45) is 4.10. The van der Waals surface area contributed by atoms with Gasteiger partial charge < -0.3 is 4.74 Å². The molecule has 0 bridgehead atoms.